The van der Waals surface area contributed by atoms with Crippen LogP contribution in [-0.2, 0) is 16.8 Å². The minimum atomic E-state index is -0.240. The lowest BCUT2D eigenvalue weighted by Crippen LogP contribution is -2.42. The SMILES string of the molecule is Cc1nc(N(C)C)nc2c1COC[C@@]21CCN(C(=O)c2ccccc2)C1. The molecule has 1 aromatic heterocycles. The Morgan fingerprint density at radius 1 is 1.23 bits per heavy atom. The largest absolute Gasteiger partial charge is 0.376 e. The maximum absolute atomic E-state index is 12.9. The van der Waals surface area contributed by atoms with Gasteiger partial charge >= 0.3 is 0 Å². The first-order valence-corrected chi connectivity index (χ1v) is 8.97. The lowest BCUT2D eigenvalue weighted by molar-refractivity contribution is 0.0480. The molecule has 26 heavy (non-hydrogen) atoms. The van der Waals surface area contributed by atoms with Crippen LogP contribution in [-0.4, -0.2) is 54.6 Å². The predicted octanol–water partition coefficient (Wildman–Crippen LogP) is 2.17. The van der Waals surface area contributed by atoms with Gasteiger partial charge in [-0.05, 0) is 25.5 Å². The summed E-state index contributed by atoms with van der Waals surface area (Å²) >= 11 is 0. The van der Waals surface area contributed by atoms with Gasteiger partial charge in [0.25, 0.3) is 5.91 Å². The summed E-state index contributed by atoms with van der Waals surface area (Å²) in [4.78, 5) is 26.2. The van der Waals surface area contributed by atoms with Crippen molar-refractivity contribution in [3.63, 3.8) is 0 Å². The van der Waals surface area contributed by atoms with Gasteiger partial charge in [0.2, 0.25) is 5.95 Å². The highest BCUT2D eigenvalue weighted by Crippen LogP contribution is 2.40. The molecule has 1 fully saturated rings. The van der Waals surface area contributed by atoms with Gasteiger partial charge in [-0.15, -0.1) is 0 Å². The first-order valence-electron chi connectivity index (χ1n) is 8.97. The molecular weight excluding hydrogens is 328 g/mol. The van der Waals surface area contributed by atoms with Crippen molar-refractivity contribution in [3.05, 3.63) is 52.8 Å². The van der Waals surface area contributed by atoms with E-state index >= 15 is 0 Å². The number of fused-ring (bicyclic) bond motifs is 2. The Hall–Kier alpha value is -2.47. The van der Waals surface area contributed by atoms with Crippen molar-refractivity contribution in [2.45, 2.75) is 25.4 Å². The molecule has 2 aliphatic heterocycles. The molecule has 0 bridgehead atoms. The van der Waals surface area contributed by atoms with Crippen LogP contribution < -0.4 is 4.90 Å². The monoisotopic (exact) mass is 352 g/mol. The Bertz CT molecular complexity index is 837. The van der Waals surface area contributed by atoms with Crippen LogP contribution >= 0.6 is 0 Å². The predicted molar refractivity (Wildman–Crippen MR) is 99.4 cm³/mol. The molecule has 1 atom stereocenters. The van der Waals surface area contributed by atoms with Crippen LogP contribution in [0.4, 0.5) is 5.95 Å². The van der Waals surface area contributed by atoms with Crippen LogP contribution in [0.2, 0.25) is 0 Å². The summed E-state index contributed by atoms with van der Waals surface area (Å²) in [5.74, 6) is 0.795. The van der Waals surface area contributed by atoms with Crippen LogP contribution in [0, 0.1) is 6.92 Å². The molecule has 0 unspecified atom stereocenters. The topological polar surface area (TPSA) is 58.6 Å². The first kappa shape index (κ1) is 17.0. The summed E-state index contributed by atoms with van der Waals surface area (Å²) in [7, 11) is 3.90. The fraction of sp³-hybridized carbons (Fsp3) is 0.450. The fourth-order valence-corrected chi connectivity index (χ4v) is 3.93. The third kappa shape index (κ3) is 2.74. The van der Waals surface area contributed by atoms with Crippen molar-refractivity contribution in [3.8, 4) is 0 Å². The lowest BCUT2D eigenvalue weighted by atomic mass is 9.80. The molecule has 0 saturated carbocycles. The minimum Gasteiger partial charge on any atom is -0.376 e. The van der Waals surface area contributed by atoms with E-state index in [1.54, 1.807) is 0 Å². The number of aromatic nitrogens is 2. The van der Waals surface area contributed by atoms with Gasteiger partial charge in [-0.3, -0.25) is 4.79 Å². The summed E-state index contributed by atoms with van der Waals surface area (Å²) in [5.41, 5.74) is 3.59. The summed E-state index contributed by atoms with van der Waals surface area (Å²) < 4.78 is 5.92. The minimum absolute atomic E-state index is 0.0770. The Morgan fingerprint density at radius 2 is 2.00 bits per heavy atom. The van der Waals surface area contributed by atoms with Crippen LogP contribution in [0.25, 0.3) is 0 Å². The first-order chi connectivity index (χ1) is 12.5. The van der Waals surface area contributed by atoms with E-state index < -0.39 is 0 Å². The van der Waals surface area contributed by atoms with Gasteiger partial charge in [-0.2, -0.15) is 0 Å². The van der Waals surface area contributed by atoms with Gasteiger partial charge in [0.1, 0.15) is 0 Å². The normalized spacial score (nSPS) is 21.7. The molecule has 1 amide bonds. The van der Waals surface area contributed by atoms with Gasteiger partial charge in [0, 0.05) is 44.0 Å². The molecule has 2 aliphatic rings. The third-order valence-electron chi connectivity index (χ3n) is 5.39. The summed E-state index contributed by atoms with van der Waals surface area (Å²) in [6.45, 7) is 4.51. The summed E-state index contributed by atoms with van der Waals surface area (Å²) in [6, 6.07) is 9.47. The van der Waals surface area contributed by atoms with E-state index in [9.17, 15) is 4.79 Å². The smallest absolute Gasteiger partial charge is 0.253 e. The number of hydrogen-bond donors (Lipinski definition) is 0. The highest BCUT2D eigenvalue weighted by Gasteiger charge is 2.46. The number of anilines is 1. The Balaban J connectivity index is 1.68. The van der Waals surface area contributed by atoms with Gasteiger partial charge < -0.3 is 14.5 Å². The van der Waals surface area contributed by atoms with Crippen molar-refractivity contribution in [2.75, 3.05) is 38.7 Å². The standard InChI is InChI=1S/C20H24N4O2/c1-14-16-11-26-13-20(17(16)22-19(21-14)23(2)3)9-10-24(12-20)18(25)15-7-5-4-6-8-15/h4-8H,9-13H2,1-3H3/t20-/m0/s1. The molecule has 0 N–H and O–H groups in total. The second kappa shape index (κ2) is 6.36. The second-order valence-electron chi connectivity index (χ2n) is 7.45. The Kier molecular flexibility index (Phi) is 4.15. The van der Waals surface area contributed by atoms with Gasteiger partial charge in [-0.1, -0.05) is 18.2 Å². The molecule has 6 heteroatoms. The molecule has 2 aromatic rings. The second-order valence-corrected chi connectivity index (χ2v) is 7.45. The number of aryl methyl sites for hydroxylation is 1. The third-order valence-corrected chi connectivity index (χ3v) is 5.39. The zero-order chi connectivity index (χ0) is 18.3. The summed E-state index contributed by atoms with van der Waals surface area (Å²) in [5, 5.41) is 0. The molecule has 136 valence electrons. The number of hydrogen-bond acceptors (Lipinski definition) is 5. The number of nitrogens with zero attached hydrogens (tertiary/aromatic N) is 4. The van der Waals surface area contributed by atoms with E-state index in [-0.39, 0.29) is 11.3 Å². The number of benzene rings is 1. The number of ether oxygens (including phenoxy) is 1. The molecule has 6 nitrogen and oxygen atoms in total. The van der Waals surface area contributed by atoms with Crippen molar-refractivity contribution in [1.82, 2.24) is 14.9 Å². The van der Waals surface area contributed by atoms with Crippen LogP contribution in [0.3, 0.4) is 0 Å². The average molecular weight is 352 g/mol. The average Bonchev–Trinajstić information content (AvgIpc) is 3.07. The maximum Gasteiger partial charge on any atom is 0.253 e. The molecule has 1 aromatic carbocycles. The van der Waals surface area contributed by atoms with Crippen molar-refractivity contribution < 1.29 is 9.53 Å². The van der Waals surface area contributed by atoms with Crippen molar-refractivity contribution >= 4 is 11.9 Å². The number of amides is 1. The van der Waals surface area contributed by atoms with E-state index in [0.717, 1.165) is 41.4 Å². The molecule has 3 heterocycles. The highest BCUT2D eigenvalue weighted by molar-refractivity contribution is 5.94. The van der Waals surface area contributed by atoms with Crippen molar-refractivity contribution in [1.29, 1.82) is 0 Å². The van der Waals surface area contributed by atoms with Crippen molar-refractivity contribution in [2.24, 2.45) is 0 Å². The molecular formula is C20H24N4O2. The number of carbonyl (C=O) groups excluding carboxylic acids is 1. The zero-order valence-corrected chi connectivity index (χ0v) is 15.5. The molecule has 4 rings (SSSR count). The van der Waals surface area contributed by atoms with E-state index in [2.05, 4.69) is 4.98 Å². The van der Waals surface area contributed by atoms with Crippen LogP contribution in [0.15, 0.2) is 30.3 Å². The van der Waals surface area contributed by atoms with Crippen LogP contribution in [0.1, 0.15) is 33.7 Å². The van der Waals surface area contributed by atoms with E-state index in [1.807, 2.05) is 61.2 Å². The van der Waals surface area contributed by atoms with Gasteiger partial charge in [0.15, 0.2) is 0 Å². The Labute approximate surface area is 153 Å². The fourth-order valence-electron chi connectivity index (χ4n) is 3.93. The number of rotatable bonds is 2. The van der Waals surface area contributed by atoms with Gasteiger partial charge in [-0.25, -0.2) is 9.97 Å². The summed E-state index contributed by atoms with van der Waals surface area (Å²) in [6.07, 6.45) is 0.863. The quantitative estimate of drug-likeness (QED) is 0.829. The number of likely N-dealkylation sites (tertiary alicyclic amines) is 1. The molecule has 1 saturated heterocycles. The maximum atomic E-state index is 12.9. The molecule has 0 aliphatic carbocycles. The van der Waals surface area contributed by atoms with E-state index in [4.69, 9.17) is 9.72 Å². The van der Waals surface area contributed by atoms with E-state index in [1.165, 1.54) is 0 Å². The number of carbonyl (C=O) groups is 1. The highest BCUT2D eigenvalue weighted by atomic mass is 16.5. The molecule has 1 spiro atoms. The van der Waals surface area contributed by atoms with Gasteiger partial charge in [0.05, 0.1) is 24.3 Å². The molecule has 0 radical (unpaired) electrons. The van der Waals surface area contributed by atoms with E-state index in [0.29, 0.717) is 19.8 Å². The zero-order valence-electron chi connectivity index (χ0n) is 15.5. The van der Waals surface area contributed by atoms with Crippen LogP contribution in [0.5, 0.6) is 0 Å². The lowest BCUT2D eigenvalue weighted by Gasteiger charge is -2.35. The Morgan fingerprint density at radius 3 is 2.73 bits per heavy atom.